The average Bonchev–Trinajstić information content (AvgIpc) is 2.73. The molecule has 1 aliphatic heterocycles. The number of esters is 1. The molecule has 1 aliphatic rings. The summed E-state index contributed by atoms with van der Waals surface area (Å²) in [5.74, 6) is -0.722. The van der Waals surface area contributed by atoms with Crippen LogP contribution in [0.2, 0.25) is 0 Å². The third kappa shape index (κ3) is 5.65. The van der Waals surface area contributed by atoms with Crippen LogP contribution in [-0.2, 0) is 25.6 Å². The first kappa shape index (κ1) is 20.0. The van der Waals surface area contributed by atoms with E-state index in [1.165, 1.54) is 12.7 Å². The van der Waals surface area contributed by atoms with E-state index < -0.39 is 12.0 Å². The Kier molecular flexibility index (Phi) is 7.17. The fraction of sp³-hybridized carbons (Fsp3) is 0.364. The molecular formula is C22H26N2O4. The molecular weight excluding hydrogens is 356 g/mol. The molecule has 0 aromatic heterocycles. The van der Waals surface area contributed by atoms with Crippen molar-refractivity contribution in [2.45, 2.75) is 25.1 Å². The van der Waals surface area contributed by atoms with Crippen LogP contribution in [0.25, 0.3) is 0 Å². The highest BCUT2D eigenvalue weighted by molar-refractivity contribution is 5.85. The lowest BCUT2D eigenvalue weighted by atomic mass is 10.1. The van der Waals surface area contributed by atoms with Crippen molar-refractivity contribution >= 4 is 11.9 Å². The zero-order valence-electron chi connectivity index (χ0n) is 16.0. The average molecular weight is 382 g/mol. The van der Waals surface area contributed by atoms with E-state index in [4.69, 9.17) is 9.47 Å². The number of rotatable bonds is 7. The monoisotopic (exact) mass is 382 g/mol. The van der Waals surface area contributed by atoms with Crippen LogP contribution >= 0.6 is 0 Å². The van der Waals surface area contributed by atoms with E-state index in [2.05, 4.69) is 22.3 Å². The summed E-state index contributed by atoms with van der Waals surface area (Å²) in [5, 5.41) is 2.78. The SMILES string of the molecule is COC(=O)C(NC(=O)CC1CN(Cc2ccccc2)CCO1)c1ccccc1. The summed E-state index contributed by atoms with van der Waals surface area (Å²) in [7, 11) is 1.32. The first-order chi connectivity index (χ1) is 13.7. The van der Waals surface area contributed by atoms with Gasteiger partial charge in [-0.2, -0.15) is 0 Å². The third-order valence-electron chi connectivity index (χ3n) is 4.76. The highest BCUT2D eigenvalue weighted by Crippen LogP contribution is 2.16. The Labute approximate surface area is 165 Å². The Morgan fingerprint density at radius 1 is 1.14 bits per heavy atom. The van der Waals surface area contributed by atoms with Gasteiger partial charge in [-0.15, -0.1) is 0 Å². The normalized spacial score (nSPS) is 18.2. The predicted molar refractivity (Wildman–Crippen MR) is 105 cm³/mol. The molecule has 1 saturated heterocycles. The highest BCUT2D eigenvalue weighted by Gasteiger charge is 2.27. The van der Waals surface area contributed by atoms with E-state index in [-0.39, 0.29) is 18.4 Å². The number of amides is 1. The predicted octanol–water partition coefficient (Wildman–Crippen LogP) is 2.31. The van der Waals surface area contributed by atoms with Crippen LogP contribution < -0.4 is 5.32 Å². The maximum atomic E-state index is 12.6. The van der Waals surface area contributed by atoms with Gasteiger partial charge in [-0.3, -0.25) is 9.69 Å². The van der Waals surface area contributed by atoms with Gasteiger partial charge in [0, 0.05) is 19.6 Å². The summed E-state index contributed by atoms with van der Waals surface area (Å²) in [5.41, 5.74) is 1.93. The molecule has 0 radical (unpaired) electrons. The minimum atomic E-state index is -0.817. The van der Waals surface area contributed by atoms with Crippen molar-refractivity contribution in [3.8, 4) is 0 Å². The molecule has 2 unspecified atom stereocenters. The van der Waals surface area contributed by atoms with E-state index in [1.807, 2.05) is 36.4 Å². The molecule has 1 amide bonds. The lowest BCUT2D eigenvalue weighted by molar-refractivity contribution is -0.146. The molecule has 28 heavy (non-hydrogen) atoms. The number of carbonyl (C=O) groups excluding carboxylic acids is 2. The van der Waals surface area contributed by atoms with Gasteiger partial charge in [-0.05, 0) is 11.1 Å². The minimum absolute atomic E-state index is 0.200. The molecule has 1 heterocycles. The van der Waals surface area contributed by atoms with Gasteiger partial charge in [0.1, 0.15) is 0 Å². The smallest absolute Gasteiger partial charge is 0.333 e. The van der Waals surface area contributed by atoms with Crippen LogP contribution in [0.4, 0.5) is 0 Å². The van der Waals surface area contributed by atoms with Gasteiger partial charge in [0.15, 0.2) is 6.04 Å². The number of morpholine rings is 1. The lowest BCUT2D eigenvalue weighted by Gasteiger charge is -2.33. The fourth-order valence-electron chi connectivity index (χ4n) is 3.36. The van der Waals surface area contributed by atoms with Gasteiger partial charge in [0.25, 0.3) is 0 Å². The van der Waals surface area contributed by atoms with Crippen molar-refractivity contribution in [2.24, 2.45) is 0 Å². The van der Waals surface area contributed by atoms with E-state index in [0.29, 0.717) is 18.7 Å². The topological polar surface area (TPSA) is 67.9 Å². The number of hydrogen-bond donors (Lipinski definition) is 1. The van der Waals surface area contributed by atoms with Crippen molar-refractivity contribution in [1.29, 1.82) is 0 Å². The highest BCUT2D eigenvalue weighted by atomic mass is 16.5. The van der Waals surface area contributed by atoms with Gasteiger partial charge < -0.3 is 14.8 Å². The lowest BCUT2D eigenvalue weighted by Crippen LogP contribution is -2.45. The summed E-state index contributed by atoms with van der Waals surface area (Å²) in [6, 6.07) is 18.5. The molecule has 148 valence electrons. The first-order valence-electron chi connectivity index (χ1n) is 9.45. The zero-order valence-corrected chi connectivity index (χ0v) is 16.0. The summed E-state index contributed by atoms with van der Waals surface area (Å²) >= 11 is 0. The van der Waals surface area contributed by atoms with E-state index >= 15 is 0 Å². The fourth-order valence-corrected chi connectivity index (χ4v) is 3.36. The number of ether oxygens (including phenoxy) is 2. The molecule has 1 fully saturated rings. The summed E-state index contributed by atoms with van der Waals surface area (Å²) in [6.45, 7) is 2.93. The molecule has 1 N–H and O–H groups in total. The second-order valence-corrected chi connectivity index (χ2v) is 6.85. The van der Waals surface area contributed by atoms with Crippen LogP contribution in [-0.4, -0.2) is 49.7 Å². The van der Waals surface area contributed by atoms with Gasteiger partial charge in [0.05, 0.1) is 26.2 Å². The Bertz CT molecular complexity index is 767. The Hall–Kier alpha value is -2.70. The number of methoxy groups -OCH3 is 1. The van der Waals surface area contributed by atoms with Gasteiger partial charge in [0.2, 0.25) is 5.91 Å². The first-order valence-corrected chi connectivity index (χ1v) is 9.45. The third-order valence-corrected chi connectivity index (χ3v) is 4.76. The number of nitrogens with zero attached hydrogens (tertiary/aromatic N) is 1. The molecule has 0 aliphatic carbocycles. The molecule has 0 saturated carbocycles. The summed E-state index contributed by atoms with van der Waals surface area (Å²) in [4.78, 5) is 27.0. The van der Waals surface area contributed by atoms with Crippen molar-refractivity contribution in [3.63, 3.8) is 0 Å². The van der Waals surface area contributed by atoms with Crippen LogP contribution in [0.1, 0.15) is 23.6 Å². The Morgan fingerprint density at radius 3 is 2.50 bits per heavy atom. The van der Waals surface area contributed by atoms with E-state index in [9.17, 15) is 9.59 Å². The van der Waals surface area contributed by atoms with Gasteiger partial charge in [-0.1, -0.05) is 60.7 Å². The van der Waals surface area contributed by atoms with Crippen molar-refractivity contribution < 1.29 is 19.1 Å². The van der Waals surface area contributed by atoms with E-state index in [1.54, 1.807) is 12.1 Å². The summed E-state index contributed by atoms with van der Waals surface area (Å²) < 4.78 is 10.6. The molecule has 3 rings (SSSR count). The maximum absolute atomic E-state index is 12.6. The second-order valence-electron chi connectivity index (χ2n) is 6.85. The largest absolute Gasteiger partial charge is 0.467 e. The van der Waals surface area contributed by atoms with Crippen molar-refractivity contribution in [3.05, 3.63) is 71.8 Å². The van der Waals surface area contributed by atoms with E-state index in [0.717, 1.165) is 13.1 Å². The van der Waals surface area contributed by atoms with Gasteiger partial charge in [-0.25, -0.2) is 4.79 Å². The molecule has 2 atom stereocenters. The van der Waals surface area contributed by atoms with Crippen molar-refractivity contribution in [2.75, 3.05) is 26.8 Å². The maximum Gasteiger partial charge on any atom is 0.333 e. The van der Waals surface area contributed by atoms with Crippen molar-refractivity contribution in [1.82, 2.24) is 10.2 Å². The molecule has 0 spiro atoms. The Balaban J connectivity index is 1.56. The second kappa shape index (κ2) is 10.0. The number of carbonyl (C=O) groups is 2. The zero-order chi connectivity index (χ0) is 19.8. The number of benzene rings is 2. The molecule has 2 aromatic carbocycles. The van der Waals surface area contributed by atoms with Crippen LogP contribution in [0.3, 0.4) is 0 Å². The minimum Gasteiger partial charge on any atom is -0.467 e. The van der Waals surface area contributed by atoms with Gasteiger partial charge >= 0.3 is 5.97 Å². The molecule has 6 nitrogen and oxygen atoms in total. The standard InChI is InChI=1S/C22H26N2O4/c1-27-22(26)21(18-10-6-3-7-11-18)23-20(25)14-19-16-24(12-13-28-19)15-17-8-4-2-5-9-17/h2-11,19,21H,12-16H2,1H3,(H,23,25). The Morgan fingerprint density at radius 2 is 1.82 bits per heavy atom. The number of nitrogens with one attached hydrogen (secondary N) is 1. The molecule has 6 heteroatoms. The number of hydrogen-bond acceptors (Lipinski definition) is 5. The summed E-state index contributed by atoms with van der Waals surface area (Å²) in [6.07, 6.45) is -0.00227. The van der Waals surface area contributed by atoms with Crippen LogP contribution in [0.15, 0.2) is 60.7 Å². The van der Waals surface area contributed by atoms with Crippen LogP contribution in [0.5, 0.6) is 0 Å². The quantitative estimate of drug-likeness (QED) is 0.745. The molecule has 2 aromatic rings. The molecule has 0 bridgehead atoms. The van der Waals surface area contributed by atoms with Crippen LogP contribution in [0, 0.1) is 0 Å².